The molecule has 5 N–H and O–H groups in total. The largest absolute Gasteiger partial charge is 0.507 e. The van der Waals surface area contributed by atoms with Gasteiger partial charge in [0.1, 0.15) is 41.2 Å². The average Bonchev–Trinajstić information content (AvgIpc) is 3.47. The number of ketones is 3. The fourth-order valence-corrected chi connectivity index (χ4v) is 8.68. The first-order valence-corrected chi connectivity index (χ1v) is 18.5. The van der Waals surface area contributed by atoms with E-state index in [1.165, 1.54) is 37.1 Å². The van der Waals surface area contributed by atoms with Crippen LogP contribution in [-0.4, -0.2) is 128 Å². The van der Waals surface area contributed by atoms with Gasteiger partial charge >= 0.3 is 0 Å². The molecule has 16 heteroatoms. The van der Waals surface area contributed by atoms with Crippen molar-refractivity contribution in [2.45, 2.75) is 127 Å². The standard InChI is InChI=1S/C39H47NO15/c1-15(14-41)35-37(48)40-22-11-26(51-17(3)36(22)54-25(10-16(2)42)52-18(4)38(40)55-35)53-24-13-39(49,19(5)43)12-21-28(24)34(47)30-29(32(21)45)31(44)20-8-7-9-23(50-6)27(20)33(30)46/h7-9,15-18,22,24-26,35-36,38,41-42,45,47,49H,10-14H2,1-6H3/t15?,16?,17-,18?,22-,24-,25?,26-,35?,36+,38?,39-/m0/s1. The summed E-state index contributed by atoms with van der Waals surface area (Å²) in [5, 5.41) is 55.5. The van der Waals surface area contributed by atoms with Crippen molar-refractivity contribution in [3.05, 3.63) is 51.6 Å². The summed E-state index contributed by atoms with van der Waals surface area (Å²) in [7, 11) is 1.33. The number of aromatic hydroxyl groups is 2. The first-order chi connectivity index (χ1) is 26.0. The van der Waals surface area contributed by atoms with Gasteiger partial charge < -0.3 is 58.9 Å². The third-order valence-corrected chi connectivity index (χ3v) is 11.5. The summed E-state index contributed by atoms with van der Waals surface area (Å²) < 4.78 is 37.0. The van der Waals surface area contributed by atoms with Crippen LogP contribution in [0, 0.1) is 5.92 Å². The summed E-state index contributed by atoms with van der Waals surface area (Å²) in [5.74, 6) is -4.45. The van der Waals surface area contributed by atoms with E-state index in [2.05, 4.69) is 0 Å². The Hall–Kier alpha value is -4.00. The fourth-order valence-electron chi connectivity index (χ4n) is 8.68. The minimum absolute atomic E-state index is 0.0534. The lowest BCUT2D eigenvalue weighted by molar-refractivity contribution is -0.319. The Kier molecular flexibility index (Phi) is 10.3. The van der Waals surface area contributed by atoms with E-state index in [4.69, 9.17) is 28.4 Å². The number of phenols is 2. The molecule has 3 fully saturated rings. The molecule has 3 saturated heterocycles. The van der Waals surface area contributed by atoms with Crippen molar-refractivity contribution >= 4 is 23.3 Å². The number of amides is 1. The Morgan fingerprint density at radius 3 is 2.36 bits per heavy atom. The molecule has 2 aromatic rings. The highest BCUT2D eigenvalue weighted by atomic mass is 16.7. The molecule has 2 aliphatic carbocycles. The molecule has 0 radical (unpaired) electrons. The van der Waals surface area contributed by atoms with E-state index in [-0.39, 0.29) is 47.5 Å². The van der Waals surface area contributed by atoms with Crippen LogP contribution in [0.5, 0.6) is 17.2 Å². The molecule has 5 aliphatic rings. The SMILES string of the molecule is COc1cccc2c1C(=O)c1c(O)c3c(c(O)c1C2=O)C[C@@](O)(C(C)=O)C[C@@H]3O[C@H]1C[C@H]2[C@H](OC(CC(C)O)OC(C)C3OC(C(C)CO)C(=O)N32)[C@H](C)O1. The number of methoxy groups -OCH3 is 1. The Morgan fingerprint density at radius 1 is 1.00 bits per heavy atom. The summed E-state index contributed by atoms with van der Waals surface area (Å²) >= 11 is 0. The number of aliphatic hydroxyl groups excluding tert-OH is 2. The third-order valence-electron chi connectivity index (χ3n) is 11.5. The van der Waals surface area contributed by atoms with Crippen LogP contribution < -0.4 is 4.74 Å². The molecule has 16 nitrogen and oxygen atoms in total. The number of nitrogens with zero attached hydrogens (tertiary/aromatic N) is 1. The summed E-state index contributed by atoms with van der Waals surface area (Å²) in [4.78, 5) is 56.5. The molecule has 12 atom stereocenters. The quantitative estimate of drug-likeness (QED) is 0.206. The van der Waals surface area contributed by atoms with E-state index in [0.717, 1.165) is 0 Å². The molecule has 0 spiro atoms. The highest BCUT2D eigenvalue weighted by Crippen LogP contribution is 2.53. The van der Waals surface area contributed by atoms with Gasteiger partial charge in [-0.15, -0.1) is 0 Å². The molecule has 0 aromatic heterocycles. The van der Waals surface area contributed by atoms with Crippen molar-refractivity contribution in [3.8, 4) is 17.2 Å². The van der Waals surface area contributed by atoms with E-state index in [1.54, 1.807) is 27.7 Å². The zero-order chi connectivity index (χ0) is 39.8. The summed E-state index contributed by atoms with van der Waals surface area (Å²) in [5.41, 5.74) is -3.48. The van der Waals surface area contributed by atoms with Crippen LogP contribution in [0.4, 0.5) is 0 Å². The Bertz CT molecular complexity index is 1910. The van der Waals surface area contributed by atoms with Gasteiger partial charge in [0, 0.05) is 54.9 Å². The number of phenolic OH excluding ortho intramolecular Hbond substituents is 2. The first-order valence-electron chi connectivity index (χ1n) is 18.5. The van der Waals surface area contributed by atoms with Crippen molar-refractivity contribution in [1.82, 2.24) is 4.90 Å². The second-order valence-corrected chi connectivity index (χ2v) is 15.4. The zero-order valence-corrected chi connectivity index (χ0v) is 31.4. The van der Waals surface area contributed by atoms with Gasteiger partial charge in [0.15, 0.2) is 30.4 Å². The lowest BCUT2D eigenvalue weighted by Crippen LogP contribution is -2.63. The van der Waals surface area contributed by atoms with Gasteiger partial charge in [-0.3, -0.25) is 19.2 Å². The number of Topliss-reactive ketones (excluding diaryl/α,β-unsaturated/α-hetero) is 1. The molecule has 3 heterocycles. The van der Waals surface area contributed by atoms with Crippen LogP contribution in [0.15, 0.2) is 18.2 Å². The maximum atomic E-state index is 14.1. The minimum Gasteiger partial charge on any atom is -0.507 e. The van der Waals surface area contributed by atoms with E-state index in [9.17, 15) is 44.7 Å². The number of benzene rings is 2. The number of aliphatic hydroxyl groups is 3. The highest BCUT2D eigenvalue weighted by molar-refractivity contribution is 6.31. The van der Waals surface area contributed by atoms with Crippen LogP contribution in [0.25, 0.3) is 0 Å². The van der Waals surface area contributed by atoms with Crippen molar-refractivity contribution in [2.24, 2.45) is 5.92 Å². The molecule has 7 rings (SSSR count). The second kappa shape index (κ2) is 14.5. The second-order valence-electron chi connectivity index (χ2n) is 15.4. The minimum atomic E-state index is -2.12. The molecule has 2 aromatic carbocycles. The predicted octanol–water partition coefficient (Wildman–Crippen LogP) is 1.79. The predicted molar refractivity (Wildman–Crippen MR) is 187 cm³/mol. The van der Waals surface area contributed by atoms with Crippen molar-refractivity contribution in [2.75, 3.05) is 13.7 Å². The average molecular weight is 770 g/mol. The molecular weight excluding hydrogens is 722 g/mol. The fraction of sp³-hybridized carbons (Fsp3) is 0.590. The van der Waals surface area contributed by atoms with Crippen LogP contribution in [0.1, 0.15) is 103 Å². The number of ether oxygens (including phenoxy) is 6. The summed E-state index contributed by atoms with van der Waals surface area (Å²) in [6.07, 6.45) is -9.44. The number of fused-ring (bicyclic) bond motifs is 6. The third kappa shape index (κ3) is 6.42. The number of hydrogen-bond donors (Lipinski definition) is 5. The molecule has 298 valence electrons. The van der Waals surface area contributed by atoms with Gasteiger partial charge in [-0.25, -0.2) is 0 Å². The maximum absolute atomic E-state index is 14.1. The molecule has 0 saturated carbocycles. The van der Waals surface area contributed by atoms with E-state index in [1.807, 2.05) is 0 Å². The molecular formula is C39H47NO15. The van der Waals surface area contributed by atoms with Gasteiger partial charge in [0.2, 0.25) is 5.78 Å². The zero-order valence-electron chi connectivity index (χ0n) is 31.4. The summed E-state index contributed by atoms with van der Waals surface area (Å²) in [6, 6.07) is 3.62. The van der Waals surface area contributed by atoms with Crippen LogP contribution in [0.2, 0.25) is 0 Å². The number of carbonyl (C=O) groups excluding carboxylic acids is 4. The smallest absolute Gasteiger partial charge is 0.254 e. The van der Waals surface area contributed by atoms with E-state index in [0.29, 0.717) is 0 Å². The van der Waals surface area contributed by atoms with E-state index < -0.39 is 132 Å². The molecule has 6 unspecified atom stereocenters. The summed E-state index contributed by atoms with van der Waals surface area (Å²) in [6.45, 7) is 7.52. The monoisotopic (exact) mass is 769 g/mol. The van der Waals surface area contributed by atoms with Crippen molar-refractivity contribution in [1.29, 1.82) is 0 Å². The van der Waals surface area contributed by atoms with Gasteiger partial charge in [0.25, 0.3) is 5.91 Å². The van der Waals surface area contributed by atoms with Gasteiger partial charge in [-0.2, -0.15) is 0 Å². The molecule has 1 amide bonds. The number of hydrogen-bond acceptors (Lipinski definition) is 15. The van der Waals surface area contributed by atoms with Gasteiger partial charge in [-0.05, 0) is 33.8 Å². The van der Waals surface area contributed by atoms with E-state index >= 15 is 0 Å². The van der Waals surface area contributed by atoms with Gasteiger partial charge in [-0.1, -0.05) is 19.1 Å². The molecule has 0 bridgehead atoms. The number of rotatable bonds is 8. The first kappa shape index (κ1) is 39.2. The Labute approximate surface area is 316 Å². The van der Waals surface area contributed by atoms with Crippen LogP contribution >= 0.6 is 0 Å². The Morgan fingerprint density at radius 2 is 1.71 bits per heavy atom. The maximum Gasteiger partial charge on any atom is 0.254 e. The lowest BCUT2D eigenvalue weighted by atomic mass is 9.72. The van der Waals surface area contributed by atoms with Crippen LogP contribution in [0.3, 0.4) is 0 Å². The lowest BCUT2D eigenvalue weighted by Gasteiger charge is -2.49. The molecule has 55 heavy (non-hydrogen) atoms. The van der Waals surface area contributed by atoms with Gasteiger partial charge in [0.05, 0.1) is 48.2 Å². The number of carbonyl (C=O) groups is 4. The van der Waals surface area contributed by atoms with Crippen LogP contribution in [-0.2, 0) is 39.7 Å². The molecule has 3 aliphatic heterocycles. The van der Waals surface area contributed by atoms with Crippen molar-refractivity contribution in [3.63, 3.8) is 0 Å². The van der Waals surface area contributed by atoms with Crippen molar-refractivity contribution < 1.29 is 73.1 Å². The highest BCUT2D eigenvalue weighted by Gasteiger charge is 2.56. The topological polar surface area (TPSA) is 228 Å². The normalized spacial score (nSPS) is 34.0. The Balaban J connectivity index is 1.29.